The molecule has 0 amide bonds. The molecular weight excluding hydrogens is 194 g/mol. The van der Waals surface area contributed by atoms with Crippen LogP contribution in [0.5, 0.6) is 0 Å². The van der Waals surface area contributed by atoms with Crippen LogP contribution in [0, 0.1) is 0 Å². The number of ether oxygens (including phenoxy) is 1. The van der Waals surface area contributed by atoms with Crippen molar-refractivity contribution < 1.29 is 20.4 Å². The van der Waals surface area contributed by atoms with Crippen LogP contribution in [-0.4, -0.2) is 18.1 Å². The minimum absolute atomic E-state index is 0.390. The summed E-state index contributed by atoms with van der Waals surface area (Å²) in [6.07, 6.45) is -0.449. The summed E-state index contributed by atoms with van der Waals surface area (Å²) in [6.45, 7) is 2.07. The van der Waals surface area contributed by atoms with Crippen molar-refractivity contribution in [2.75, 3.05) is 0 Å². The van der Waals surface area contributed by atoms with Crippen molar-refractivity contribution in [1.29, 1.82) is 0 Å². The zero-order valence-electron chi connectivity index (χ0n) is 8.68. The summed E-state index contributed by atoms with van der Waals surface area (Å²) in [5.74, 6) is -1.18. The molecule has 1 aromatic carbocycles. The molecule has 0 saturated heterocycles. The Hall–Kier alpha value is -1.39. The summed E-state index contributed by atoms with van der Waals surface area (Å²) < 4.78 is 5.37. The third-order valence-electron chi connectivity index (χ3n) is 2.23. The lowest BCUT2D eigenvalue weighted by Gasteiger charge is -2.18. The van der Waals surface area contributed by atoms with Gasteiger partial charge in [-0.25, -0.2) is 0 Å². The molecule has 0 radical (unpaired) electrons. The molecule has 3 N–H and O–H groups in total. The monoisotopic (exact) mass is 209 g/mol. The summed E-state index contributed by atoms with van der Waals surface area (Å²) >= 11 is 0. The summed E-state index contributed by atoms with van der Waals surface area (Å²) in [5.41, 5.74) is 4.47. The maximum absolute atomic E-state index is 10.5. The maximum Gasteiger partial charge on any atom is 0.151 e. The van der Waals surface area contributed by atoms with Gasteiger partial charge in [-0.1, -0.05) is 30.3 Å². The van der Waals surface area contributed by atoms with Crippen molar-refractivity contribution >= 4 is 5.97 Å². The number of carbonyl (C=O) groups is 1. The molecular formula is C11H15NO3. The third-order valence-corrected chi connectivity index (χ3v) is 2.23. The molecule has 15 heavy (non-hydrogen) atoms. The van der Waals surface area contributed by atoms with Gasteiger partial charge in [-0.2, -0.15) is 0 Å². The van der Waals surface area contributed by atoms with E-state index in [1.807, 2.05) is 30.3 Å². The number of carbonyl (C=O) groups excluding carboxylic acids is 1. The molecule has 0 unspecified atom stereocenters. The van der Waals surface area contributed by atoms with Crippen LogP contribution in [0.2, 0.25) is 0 Å². The van der Waals surface area contributed by atoms with E-state index in [4.69, 9.17) is 4.74 Å². The van der Waals surface area contributed by atoms with Gasteiger partial charge in [-0.3, -0.25) is 0 Å². The first kappa shape index (κ1) is 11.7. The van der Waals surface area contributed by atoms with Gasteiger partial charge in [0.05, 0.1) is 6.61 Å². The molecule has 0 aliphatic carbocycles. The zero-order chi connectivity index (χ0) is 11.3. The molecule has 0 aliphatic heterocycles. The van der Waals surface area contributed by atoms with Gasteiger partial charge in [0.15, 0.2) is 6.04 Å². The van der Waals surface area contributed by atoms with E-state index in [0.717, 1.165) is 5.56 Å². The zero-order valence-corrected chi connectivity index (χ0v) is 8.68. The molecule has 82 valence electrons. The average molecular weight is 209 g/mol. The van der Waals surface area contributed by atoms with Crippen molar-refractivity contribution in [2.45, 2.75) is 25.7 Å². The predicted molar refractivity (Wildman–Crippen MR) is 52.4 cm³/mol. The van der Waals surface area contributed by atoms with Crippen molar-refractivity contribution in [1.82, 2.24) is 0 Å². The molecule has 0 aliphatic rings. The van der Waals surface area contributed by atoms with Gasteiger partial charge < -0.3 is 20.4 Å². The first-order chi connectivity index (χ1) is 7.11. The summed E-state index contributed by atoms with van der Waals surface area (Å²) in [7, 11) is 0. The van der Waals surface area contributed by atoms with E-state index in [9.17, 15) is 9.90 Å². The van der Waals surface area contributed by atoms with Crippen molar-refractivity contribution in [2.24, 2.45) is 0 Å². The predicted octanol–water partition coefficient (Wildman–Crippen LogP) is -1.05. The fourth-order valence-corrected chi connectivity index (χ4v) is 1.11. The van der Waals surface area contributed by atoms with Gasteiger partial charge in [0.2, 0.25) is 0 Å². The Morgan fingerprint density at radius 2 is 2.07 bits per heavy atom. The fourth-order valence-electron chi connectivity index (χ4n) is 1.11. The van der Waals surface area contributed by atoms with Crippen LogP contribution in [0.25, 0.3) is 0 Å². The second-order valence-corrected chi connectivity index (χ2v) is 3.43. The van der Waals surface area contributed by atoms with E-state index in [1.54, 1.807) is 6.92 Å². The molecule has 4 heteroatoms. The summed E-state index contributed by atoms with van der Waals surface area (Å²) in [4.78, 5) is 10.5. The number of benzene rings is 1. The van der Waals surface area contributed by atoms with Gasteiger partial charge in [-0.05, 0) is 12.5 Å². The SMILES string of the molecule is C[C@H](OCc1ccccc1)[C@H]([NH3+])C(=O)[O-]. The van der Waals surface area contributed by atoms with E-state index in [0.29, 0.717) is 6.61 Å². The van der Waals surface area contributed by atoms with E-state index in [-0.39, 0.29) is 0 Å². The highest BCUT2D eigenvalue weighted by atomic mass is 16.5. The van der Waals surface area contributed by atoms with Crippen molar-refractivity contribution in [3.8, 4) is 0 Å². The number of hydrogen-bond donors (Lipinski definition) is 1. The third kappa shape index (κ3) is 3.69. The van der Waals surface area contributed by atoms with Crippen LogP contribution in [-0.2, 0) is 16.1 Å². The van der Waals surface area contributed by atoms with Crippen molar-refractivity contribution in [3.63, 3.8) is 0 Å². The Kier molecular flexibility index (Phi) is 4.27. The number of carboxylic acid groups (broad SMARTS) is 1. The molecule has 0 spiro atoms. The molecule has 0 saturated carbocycles. The van der Waals surface area contributed by atoms with Crippen LogP contribution in [0.3, 0.4) is 0 Å². The highest BCUT2D eigenvalue weighted by molar-refractivity contribution is 5.69. The second-order valence-electron chi connectivity index (χ2n) is 3.43. The van der Waals surface area contributed by atoms with Crippen LogP contribution >= 0.6 is 0 Å². The number of carboxylic acids is 1. The molecule has 2 atom stereocenters. The van der Waals surface area contributed by atoms with Gasteiger partial charge >= 0.3 is 0 Å². The average Bonchev–Trinajstić information content (AvgIpc) is 2.26. The van der Waals surface area contributed by atoms with Gasteiger partial charge in [0.1, 0.15) is 12.1 Å². The van der Waals surface area contributed by atoms with E-state index < -0.39 is 18.1 Å². The topological polar surface area (TPSA) is 77.0 Å². The Labute approximate surface area is 88.7 Å². The Balaban J connectivity index is 2.41. The number of hydrogen-bond acceptors (Lipinski definition) is 3. The first-order valence-electron chi connectivity index (χ1n) is 4.80. The Bertz CT molecular complexity index is 313. The largest absolute Gasteiger partial charge is 0.544 e. The van der Waals surface area contributed by atoms with Crippen LogP contribution in [0.1, 0.15) is 12.5 Å². The van der Waals surface area contributed by atoms with Gasteiger partial charge in [0.25, 0.3) is 0 Å². The maximum atomic E-state index is 10.5. The van der Waals surface area contributed by atoms with Crippen LogP contribution < -0.4 is 10.8 Å². The minimum Gasteiger partial charge on any atom is -0.544 e. The Morgan fingerprint density at radius 3 is 2.60 bits per heavy atom. The Morgan fingerprint density at radius 1 is 1.47 bits per heavy atom. The molecule has 0 fully saturated rings. The highest BCUT2D eigenvalue weighted by Crippen LogP contribution is 2.04. The smallest absolute Gasteiger partial charge is 0.151 e. The molecule has 0 aromatic heterocycles. The fraction of sp³-hybridized carbons (Fsp3) is 0.364. The molecule has 4 nitrogen and oxygen atoms in total. The summed E-state index contributed by atoms with van der Waals surface area (Å²) in [6, 6.07) is 8.73. The molecule has 0 bridgehead atoms. The highest BCUT2D eigenvalue weighted by Gasteiger charge is 2.17. The van der Waals surface area contributed by atoms with Crippen LogP contribution in [0.15, 0.2) is 30.3 Å². The normalized spacial score (nSPS) is 14.5. The van der Waals surface area contributed by atoms with Gasteiger partial charge in [0, 0.05) is 0 Å². The lowest BCUT2D eigenvalue weighted by molar-refractivity contribution is -0.452. The molecule has 1 aromatic rings. The van der Waals surface area contributed by atoms with Crippen LogP contribution in [0.4, 0.5) is 0 Å². The molecule has 0 heterocycles. The second kappa shape index (κ2) is 5.48. The lowest BCUT2D eigenvalue weighted by atomic mass is 10.2. The van der Waals surface area contributed by atoms with Crippen molar-refractivity contribution in [3.05, 3.63) is 35.9 Å². The quantitative estimate of drug-likeness (QED) is 0.672. The first-order valence-corrected chi connectivity index (χ1v) is 4.80. The number of quaternary nitrogens is 1. The number of rotatable bonds is 5. The van der Waals surface area contributed by atoms with E-state index in [2.05, 4.69) is 5.73 Å². The molecule has 1 rings (SSSR count). The summed E-state index contributed by atoms with van der Waals surface area (Å²) in [5, 5.41) is 10.5. The van der Waals surface area contributed by atoms with Gasteiger partial charge in [-0.15, -0.1) is 0 Å². The standard InChI is InChI=1S/C11H15NO3/c1-8(10(12)11(13)14)15-7-9-5-3-2-4-6-9/h2-6,8,10H,7,12H2,1H3,(H,13,14)/t8-,10-/m0/s1. The number of aliphatic carboxylic acids is 1. The van der Waals surface area contributed by atoms with E-state index in [1.165, 1.54) is 0 Å². The lowest BCUT2D eigenvalue weighted by Crippen LogP contribution is -2.72. The van der Waals surface area contributed by atoms with E-state index >= 15 is 0 Å². The minimum atomic E-state index is -1.18.